The van der Waals surface area contributed by atoms with Crippen molar-refractivity contribution in [3.05, 3.63) is 59.2 Å². The van der Waals surface area contributed by atoms with E-state index >= 15 is 0 Å². The highest BCUT2D eigenvalue weighted by atomic mass is 32.2. The number of benzene rings is 2. The second-order valence-corrected chi connectivity index (χ2v) is 6.60. The van der Waals surface area contributed by atoms with E-state index in [1.807, 2.05) is 30.3 Å². The number of hydrogen-bond donors (Lipinski definition) is 0. The van der Waals surface area contributed by atoms with Crippen molar-refractivity contribution in [1.82, 2.24) is 0 Å². The molecule has 1 unspecified atom stereocenters. The summed E-state index contributed by atoms with van der Waals surface area (Å²) < 4.78 is 16.6. The topological polar surface area (TPSA) is 26.3 Å². The Hall–Kier alpha value is -1.61. The van der Waals surface area contributed by atoms with Gasteiger partial charge in [0.2, 0.25) is 0 Å². The van der Waals surface area contributed by atoms with Crippen LogP contribution in [-0.4, -0.2) is 16.6 Å². The summed E-state index contributed by atoms with van der Waals surface area (Å²) in [7, 11) is -0.708. The molecule has 2 nitrogen and oxygen atoms in total. The van der Waals surface area contributed by atoms with E-state index in [1.54, 1.807) is 0 Å². The van der Waals surface area contributed by atoms with Crippen LogP contribution in [0, 0.1) is 6.92 Å². The van der Waals surface area contributed by atoms with Crippen molar-refractivity contribution in [2.45, 2.75) is 24.7 Å². The summed E-state index contributed by atoms with van der Waals surface area (Å²) in [5, 5.41) is 0. The van der Waals surface area contributed by atoms with Gasteiger partial charge in [-0.15, -0.1) is 0 Å². The number of rotatable bonds is 0. The van der Waals surface area contributed by atoms with Gasteiger partial charge in [-0.2, -0.15) is 0 Å². The predicted octanol–water partition coefficient (Wildman–Crippen LogP) is 3.28. The summed E-state index contributed by atoms with van der Waals surface area (Å²) in [6.07, 6.45) is 2.07. The van der Waals surface area contributed by atoms with E-state index in [4.69, 9.17) is 4.74 Å². The van der Waals surface area contributed by atoms with Gasteiger partial charge in [0.15, 0.2) is 0 Å². The molecule has 2 aliphatic rings. The predicted molar refractivity (Wildman–Crippen MR) is 81.8 cm³/mol. The Labute approximate surface area is 122 Å². The molecule has 1 atom stereocenters. The Morgan fingerprint density at radius 1 is 1.05 bits per heavy atom. The Morgan fingerprint density at radius 2 is 1.90 bits per heavy atom. The van der Waals surface area contributed by atoms with Crippen LogP contribution in [0.2, 0.25) is 0 Å². The molecule has 20 heavy (non-hydrogen) atoms. The maximum Gasteiger partial charge on any atom is 0.122 e. The number of hydrogen-bond acceptors (Lipinski definition) is 2. The molecule has 3 heteroatoms. The van der Waals surface area contributed by atoms with Crippen LogP contribution in [-0.2, 0) is 23.6 Å². The minimum Gasteiger partial charge on any atom is -0.493 e. The maximum absolute atomic E-state index is 11.3. The first-order chi connectivity index (χ1) is 9.75. The van der Waals surface area contributed by atoms with Gasteiger partial charge in [-0.05, 0) is 42.2 Å². The van der Waals surface area contributed by atoms with E-state index in [9.17, 15) is 4.21 Å². The van der Waals surface area contributed by atoms with Crippen molar-refractivity contribution in [3.8, 4) is 5.75 Å². The summed E-state index contributed by atoms with van der Waals surface area (Å²) in [4.78, 5) is 1.06. The largest absolute Gasteiger partial charge is 0.493 e. The molecular weight excluding hydrogens is 268 g/mol. The van der Waals surface area contributed by atoms with Gasteiger partial charge in [0.05, 0.1) is 17.4 Å². The summed E-state index contributed by atoms with van der Waals surface area (Å²) in [6.45, 7) is 2.95. The Morgan fingerprint density at radius 3 is 2.70 bits per heavy atom. The fraction of sp³-hybridized carbons (Fsp3) is 0.294. The molecule has 0 radical (unpaired) electrons. The Balaban J connectivity index is 0.000000123. The van der Waals surface area contributed by atoms with E-state index in [0.717, 1.165) is 35.8 Å². The van der Waals surface area contributed by atoms with Gasteiger partial charge in [0, 0.05) is 17.1 Å². The van der Waals surface area contributed by atoms with Crippen LogP contribution in [0.1, 0.15) is 16.7 Å². The quantitative estimate of drug-likeness (QED) is 0.743. The van der Waals surface area contributed by atoms with Crippen molar-refractivity contribution < 1.29 is 8.95 Å². The zero-order valence-electron chi connectivity index (χ0n) is 11.6. The summed E-state index contributed by atoms with van der Waals surface area (Å²) in [5.41, 5.74) is 3.94. The fourth-order valence-electron chi connectivity index (χ4n) is 2.64. The summed E-state index contributed by atoms with van der Waals surface area (Å²) >= 11 is 0. The van der Waals surface area contributed by atoms with Crippen LogP contribution < -0.4 is 4.74 Å². The van der Waals surface area contributed by atoms with Crippen LogP contribution in [0.4, 0.5) is 0 Å². The highest BCUT2D eigenvalue weighted by Gasteiger charge is 2.18. The zero-order chi connectivity index (χ0) is 13.9. The molecule has 104 valence electrons. The van der Waals surface area contributed by atoms with E-state index in [2.05, 4.69) is 19.1 Å². The average Bonchev–Trinajstić information content (AvgIpc) is 3.08. The zero-order valence-corrected chi connectivity index (χ0v) is 12.4. The molecule has 0 spiro atoms. The SMILES string of the molecule is Cc1cccc2c1CCS2=O.c1ccc2c(c1)CCO2. The lowest BCUT2D eigenvalue weighted by Gasteiger charge is -1.99. The molecule has 0 saturated heterocycles. The molecule has 0 bridgehead atoms. The molecule has 2 heterocycles. The van der Waals surface area contributed by atoms with Crippen LogP contribution in [0.3, 0.4) is 0 Å². The van der Waals surface area contributed by atoms with Gasteiger partial charge in [0.1, 0.15) is 5.75 Å². The first kappa shape index (κ1) is 13.4. The van der Waals surface area contributed by atoms with Gasteiger partial charge in [-0.3, -0.25) is 4.21 Å². The lowest BCUT2D eigenvalue weighted by atomic mass is 10.1. The standard InChI is InChI=1S/C9H10OS.C8H8O/c1-7-3-2-4-9-8(7)5-6-11(9)10;1-2-4-8-7(3-1)5-6-9-8/h2-4H,5-6H2,1H3;1-4H,5-6H2. The Kier molecular flexibility index (Phi) is 3.88. The molecule has 0 aliphatic carbocycles. The minimum atomic E-state index is -0.708. The highest BCUT2D eigenvalue weighted by Crippen LogP contribution is 2.25. The van der Waals surface area contributed by atoms with Crippen molar-refractivity contribution in [2.75, 3.05) is 12.4 Å². The van der Waals surface area contributed by atoms with Gasteiger partial charge in [0.25, 0.3) is 0 Å². The molecule has 2 aromatic carbocycles. The number of fused-ring (bicyclic) bond motifs is 2. The van der Waals surface area contributed by atoms with E-state index in [0.29, 0.717) is 0 Å². The summed E-state index contributed by atoms with van der Waals surface area (Å²) in [5.74, 6) is 1.89. The van der Waals surface area contributed by atoms with Crippen LogP contribution in [0.15, 0.2) is 47.4 Å². The lowest BCUT2D eigenvalue weighted by Crippen LogP contribution is -1.86. The minimum absolute atomic E-state index is 0.708. The molecule has 0 aromatic heterocycles. The molecule has 0 fully saturated rings. The van der Waals surface area contributed by atoms with Crippen molar-refractivity contribution in [2.24, 2.45) is 0 Å². The van der Waals surface area contributed by atoms with Gasteiger partial charge in [-0.25, -0.2) is 0 Å². The van der Waals surface area contributed by atoms with Crippen LogP contribution in [0.25, 0.3) is 0 Å². The van der Waals surface area contributed by atoms with E-state index in [1.165, 1.54) is 16.7 Å². The molecule has 2 aliphatic heterocycles. The number of para-hydroxylation sites is 1. The third kappa shape index (κ3) is 2.63. The van der Waals surface area contributed by atoms with E-state index < -0.39 is 10.8 Å². The van der Waals surface area contributed by atoms with Crippen LogP contribution in [0.5, 0.6) is 5.75 Å². The smallest absolute Gasteiger partial charge is 0.122 e. The van der Waals surface area contributed by atoms with Gasteiger partial charge >= 0.3 is 0 Å². The lowest BCUT2D eigenvalue weighted by molar-refractivity contribution is 0.357. The number of aryl methyl sites for hydroxylation is 1. The third-order valence-corrected chi connectivity index (χ3v) is 5.20. The second-order valence-electron chi connectivity index (χ2n) is 5.06. The monoisotopic (exact) mass is 286 g/mol. The van der Waals surface area contributed by atoms with Crippen molar-refractivity contribution in [3.63, 3.8) is 0 Å². The van der Waals surface area contributed by atoms with Crippen molar-refractivity contribution in [1.29, 1.82) is 0 Å². The average molecular weight is 286 g/mol. The highest BCUT2D eigenvalue weighted by molar-refractivity contribution is 7.85. The summed E-state index contributed by atoms with van der Waals surface area (Å²) in [6, 6.07) is 14.2. The Bertz CT molecular complexity index is 626. The van der Waals surface area contributed by atoms with Crippen LogP contribution >= 0.6 is 0 Å². The first-order valence-corrected chi connectivity index (χ1v) is 8.25. The molecule has 0 amide bonds. The molecule has 0 saturated carbocycles. The van der Waals surface area contributed by atoms with Crippen molar-refractivity contribution >= 4 is 10.8 Å². The fourth-order valence-corrected chi connectivity index (χ4v) is 4.01. The number of ether oxygens (including phenoxy) is 1. The first-order valence-electron chi connectivity index (χ1n) is 6.93. The van der Waals surface area contributed by atoms with E-state index in [-0.39, 0.29) is 0 Å². The molecule has 2 aromatic rings. The molecule has 0 N–H and O–H groups in total. The second kappa shape index (κ2) is 5.80. The molecule has 4 rings (SSSR count). The normalized spacial score (nSPS) is 18.6. The van der Waals surface area contributed by atoms with Gasteiger partial charge < -0.3 is 4.74 Å². The molecular formula is C17H18O2S. The third-order valence-electron chi connectivity index (χ3n) is 3.75. The van der Waals surface area contributed by atoms with Gasteiger partial charge in [-0.1, -0.05) is 30.3 Å². The maximum atomic E-state index is 11.3.